The Morgan fingerprint density at radius 1 is 1.12 bits per heavy atom. The number of halogens is 1. The summed E-state index contributed by atoms with van der Waals surface area (Å²) in [4.78, 5) is 2.46. The van der Waals surface area contributed by atoms with Crippen LogP contribution in [0.4, 0.5) is 4.39 Å². The number of piperidine rings is 1. The van der Waals surface area contributed by atoms with E-state index in [4.69, 9.17) is 4.74 Å². The van der Waals surface area contributed by atoms with Crippen LogP contribution in [-0.4, -0.2) is 40.8 Å². The first kappa shape index (κ1) is 16.1. The third kappa shape index (κ3) is 3.82. The highest BCUT2D eigenvalue weighted by Gasteiger charge is 2.20. The summed E-state index contributed by atoms with van der Waals surface area (Å²) in [6, 6.07) is 14.6. The van der Waals surface area contributed by atoms with Crippen LogP contribution < -0.4 is 4.74 Å². The van der Waals surface area contributed by atoms with Crippen molar-refractivity contribution < 1.29 is 9.13 Å². The van der Waals surface area contributed by atoms with E-state index in [2.05, 4.69) is 27.2 Å². The molecule has 0 unspecified atom stereocenters. The third-order valence-corrected chi connectivity index (χ3v) is 4.85. The second-order valence-electron chi connectivity index (χ2n) is 6.59. The van der Waals surface area contributed by atoms with Gasteiger partial charge in [0.05, 0.1) is 5.52 Å². The van der Waals surface area contributed by atoms with Gasteiger partial charge in [-0.1, -0.05) is 24.3 Å². The summed E-state index contributed by atoms with van der Waals surface area (Å²) in [5.41, 5.74) is 2.23. The quantitative estimate of drug-likeness (QED) is 0.769. The molecule has 4 rings (SSSR count). The van der Waals surface area contributed by atoms with Gasteiger partial charge < -0.3 is 9.64 Å². The van der Waals surface area contributed by atoms with Crippen LogP contribution >= 0.6 is 0 Å². The van der Waals surface area contributed by atoms with E-state index in [0.29, 0.717) is 5.75 Å². The number of ether oxygens (including phenoxy) is 1. The van der Waals surface area contributed by atoms with E-state index in [1.54, 1.807) is 6.07 Å². The number of nitrogens with one attached hydrogen (secondary N) is 1. The maximum Gasteiger partial charge on any atom is 0.126 e. The number of rotatable bonds is 5. The second-order valence-corrected chi connectivity index (χ2v) is 6.59. The van der Waals surface area contributed by atoms with Crippen LogP contribution in [0.25, 0.3) is 10.9 Å². The van der Waals surface area contributed by atoms with Crippen molar-refractivity contribution in [3.63, 3.8) is 0 Å². The lowest BCUT2D eigenvalue weighted by molar-refractivity contribution is 0.101. The zero-order chi connectivity index (χ0) is 17.1. The minimum Gasteiger partial charge on any atom is -0.490 e. The van der Waals surface area contributed by atoms with Crippen molar-refractivity contribution in [1.82, 2.24) is 15.1 Å². The molecular weight excluding hydrogens is 317 g/mol. The van der Waals surface area contributed by atoms with Gasteiger partial charge in [0.1, 0.15) is 17.7 Å². The van der Waals surface area contributed by atoms with Crippen LogP contribution in [-0.2, 0) is 6.42 Å². The van der Waals surface area contributed by atoms with Crippen LogP contribution in [0.15, 0.2) is 48.5 Å². The van der Waals surface area contributed by atoms with Gasteiger partial charge in [0.15, 0.2) is 0 Å². The van der Waals surface area contributed by atoms with Crippen LogP contribution in [0.3, 0.4) is 0 Å². The number of para-hydroxylation sites is 1. The molecule has 0 spiro atoms. The van der Waals surface area contributed by atoms with E-state index < -0.39 is 0 Å². The molecule has 0 amide bonds. The molecule has 130 valence electrons. The largest absolute Gasteiger partial charge is 0.490 e. The molecule has 0 radical (unpaired) electrons. The molecule has 0 aliphatic carbocycles. The predicted octanol–water partition coefficient (Wildman–Crippen LogP) is 3.79. The van der Waals surface area contributed by atoms with E-state index in [9.17, 15) is 4.39 Å². The average molecular weight is 339 g/mol. The zero-order valence-electron chi connectivity index (χ0n) is 14.1. The number of aromatic nitrogens is 2. The van der Waals surface area contributed by atoms with Crippen molar-refractivity contribution in [2.45, 2.75) is 25.4 Å². The van der Waals surface area contributed by atoms with E-state index in [1.165, 1.54) is 23.2 Å². The van der Waals surface area contributed by atoms with Crippen LogP contribution in [0.1, 0.15) is 18.5 Å². The lowest BCUT2D eigenvalue weighted by atomic mass is 10.1. The van der Waals surface area contributed by atoms with Gasteiger partial charge in [-0.2, -0.15) is 5.10 Å². The first-order valence-electron chi connectivity index (χ1n) is 8.84. The zero-order valence-corrected chi connectivity index (χ0v) is 14.1. The Kier molecular flexibility index (Phi) is 4.65. The lowest BCUT2D eigenvalue weighted by Crippen LogP contribution is -2.39. The minimum absolute atomic E-state index is 0.172. The van der Waals surface area contributed by atoms with Crippen molar-refractivity contribution in [1.29, 1.82) is 0 Å². The molecule has 1 saturated heterocycles. The standard InChI is InChI=1S/C20H22FN3O/c21-15-4-3-5-17(14-15)25-16-8-11-24(12-9-16)13-10-20-18-6-1-2-7-19(18)22-23-20/h1-7,14,16H,8-13H2,(H,22,23). The second kappa shape index (κ2) is 7.23. The average Bonchev–Trinajstić information content (AvgIpc) is 3.04. The van der Waals surface area contributed by atoms with Crippen molar-refractivity contribution in [3.05, 3.63) is 60.0 Å². The molecule has 4 nitrogen and oxygen atoms in total. The van der Waals surface area contributed by atoms with Gasteiger partial charge in [0.25, 0.3) is 0 Å². The summed E-state index contributed by atoms with van der Waals surface area (Å²) in [5.74, 6) is 0.379. The Labute approximate surface area is 146 Å². The molecule has 1 N–H and O–H groups in total. The van der Waals surface area contributed by atoms with E-state index >= 15 is 0 Å². The van der Waals surface area contributed by atoms with Crippen molar-refractivity contribution in [2.24, 2.45) is 0 Å². The van der Waals surface area contributed by atoms with Gasteiger partial charge in [-0.3, -0.25) is 5.10 Å². The Morgan fingerprint density at radius 3 is 2.80 bits per heavy atom. The minimum atomic E-state index is -0.248. The fourth-order valence-electron chi connectivity index (χ4n) is 3.46. The molecule has 3 aromatic rings. The van der Waals surface area contributed by atoms with Crippen LogP contribution in [0.2, 0.25) is 0 Å². The number of fused-ring (bicyclic) bond motifs is 1. The molecule has 1 fully saturated rings. The fourth-order valence-corrected chi connectivity index (χ4v) is 3.46. The Bertz CT molecular complexity index is 840. The molecule has 1 aromatic heterocycles. The molecule has 0 saturated carbocycles. The summed E-state index contributed by atoms with van der Waals surface area (Å²) in [6.45, 7) is 3.02. The molecule has 5 heteroatoms. The molecule has 1 aliphatic heterocycles. The third-order valence-electron chi connectivity index (χ3n) is 4.85. The lowest BCUT2D eigenvalue weighted by Gasteiger charge is -2.32. The highest BCUT2D eigenvalue weighted by molar-refractivity contribution is 5.81. The molecular formula is C20H22FN3O. The molecule has 1 aliphatic rings. The van der Waals surface area contributed by atoms with Gasteiger partial charge in [-0.05, 0) is 31.0 Å². The summed E-state index contributed by atoms with van der Waals surface area (Å²) in [5, 5.41) is 8.73. The van der Waals surface area contributed by atoms with Crippen molar-refractivity contribution >= 4 is 10.9 Å². The molecule has 25 heavy (non-hydrogen) atoms. The number of likely N-dealkylation sites (tertiary alicyclic amines) is 1. The van der Waals surface area contributed by atoms with Crippen molar-refractivity contribution in [2.75, 3.05) is 19.6 Å². The monoisotopic (exact) mass is 339 g/mol. The number of H-pyrrole nitrogens is 1. The Morgan fingerprint density at radius 2 is 1.96 bits per heavy atom. The first-order chi connectivity index (χ1) is 12.3. The number of nitrogens with zero attached hydrogens (tertiary/aromatic N) is 2. The number of hydrogen-bond donors (Lipinski definition) is 1. The smallest absolute Gasteiger partial charge is 0.126 e. The van der Waals surface area contributed by atoms with Gasteiger partial charge in [-0.15, -0.1) is 0 Å². The first-order valence-corrected chi connectivity index (χ1v) is 8.84. The number of benzene rings is 2. The summed E-state index contributed by atoms with van der Waals surface area (Å²) in [7, 11) is 0. The molecule has 0 bridgehead atoms. The topological polar surface area (TPSA) is 41.1 Å². The van der Waals surface area contributed by atoms with Crippen LogP contribution in [0, 0.1) is 5.82 Å². The van der Waals surface area contributed by atoms with Gasteiger partial charge >= 0.3 is 0 Å². The Hall–Kier alpha value is -2.40. The van der Waals surface area contributed by atoms with Gasteiger partial charge in [0.2, 0.25) is 0 Å². The number of hydrogen-bond acceptors (Lipinski definition) is 3. The SMILES string of the molecule is Fc1cccc(OC2CCN(CCc3[nH]nc4ccccc34)CC2)c1. The highest BCUT2D eigenvalue weighted by atomic mass is 19.1. The van der Waals surface area contributed by atoms with Crippen molar-refractivity contribution in [3.8, 4) is 5.75 Å². The number of aromatic amines is 1. The summed E-state index contributed by atoms with van der Waals surface area (Å²) in [6.07, 6.45) is 3.09. The van der Waals surface area contributed by atoms with E-state index in [0.717, 1.165) is 44.4 Å². The maximum absolute atomic E-state index is 13.2. The molecule has 2 heterocycles. The van der Waals surface area contributed by atoms with E-state index in [-0.39, 0.29) is 11.9 Å². The normalized spacial score (nSPS) is 16.4. The highest BCUT2D eigenvalue weighted by Crippen LogP contribution is 2.21. The van der Waals surface area contributed by atoms with Gasteiger partial charge in [0, 0.05) is 43.2 Å². The summed E-state index contributed by atoms with van der Waals surface area (Å²) >= 11 is 0. The fraction of sp³-hybridized carbons (Fsp3) is 0.350. The van der Waals surface area contributed by atoms with E-state index in [1.807, 2.05) is 18.2 Å². The predicted molar refractivity (Wildman–Crippen MR) is 96.3 cm³/mol. The molecule has 2 aromatic carbocycles. The summed E-state index contributed by atoms with van der Waals surface area (Å²) < 4.78 is 19.1. The Balaban J connectivity index is 1.27. The van der Waals surface area contributed by atoms with Crippen LogP contribution in [0.5, 0.6) is 5.75 Å². The molecule has 0 atom stereocenters. The maximum atomic E-state index is 13.2. The van der Waals surface area contributed by atoms with Gasteiger partial charge in [-0.25, -0.2) is 4.39 Å².